The summed E-state index contributed by atoms with van der Waals surface area (Å²) >= 11 is 3.76. The van der Waals surface area contributed by atoms with Crippen molar-refractivity contribution in [1.82, 2.24) is 0 Å². The summed E-state index contributed by atoms with van der Waals surface area (Å²) in [4.78, 5) is 0.396. The van der Waals surface area contributed by atoms with E-state index in [1.165, 1.54) is 12.0 Å². The zero-order valence-corrected chi connectivity index (χ0v) is 10.9. The van der Waals surface area contributed by atoms with Crippen molar-refractivity contribution in [2.24, 2.45) is 11.8 Å². The van der Waals surface area contributed by atoms with Gasteiger partial charge in [0.1, 0.15) is 5.82 Å². The molecule has 2 heteroatoms. The molecule has 0 radical (unpaired) electrons. The van der Waals surface area contributed by atoms with E-state index in [1.807, 2.05) is 13.8 Å². The van der Waals surface area contributed by atoms with E-state index in [2.05, 4.69) is 22.9 Å². The third-order valence-corrected chi connectivity index (χ3v) is 4.52. The lowest BCUT2D eigenvalue weighted by Gasteiger charge is -2.16. The van der Waals surface area contributed by atoms with Crippen LogP contribution in [0.15, 0.2) is 12.1 Å². The topological polar surface area (TPSA) is 0 Å². The van der Waals surface area contributed by atoms with E-state index in [9.17, 15) is 4.39 Å². The Labute approximate surface area is 99.0 Å². The molecule has 0 amide bonds. The second-order valence-corrected chi connectivity index (χ2v) is 5.72. The molecule has 0 saturated heterocycles. The highest BCUT2D eigenvalue weighted by Crippen LogP contribution is 2.52. The molecule has 1 aromatic carbocycles. The van der Waals surface area contributed by atoms with Crippen molar-refractivity contribution in [2.45, 2.75) is 32.0 Å². The van der Waals surface area contributed by atoms with Gasteiger partial charge in [0.15, 0.2) is 0 Å². The fraction of sp³-hybridized carbons (Fsp3) is 0.538. The van der Waals surface area contributed by atoms with E-state index in [4.69, 9.17) is 0 Å². The Morgan fingerprint density at radius 3 is 2.20 bits per heavy atom. The Balaban J connectivity index is 2.35. The molecule has 3 unspecified atom stereocenters. The monoisotopic (exact) mass is 270 g/mol. The molecule has 0 aromatic heterocycles. The molecular weight excluding hydrogens is 255 g/mol. The number of alkyl halides is 1. The van der Waals surface area contributed by atoms with E-state index in [0.29, 0.717) is 4.83 Å². The summed E-state index contributed by atoms with van der Waals surface area (Å²) < 4.78 is 13.1. The Kier molecular flexibility index (Phi) is 2.89. The van der Waals surface area contributed by atoms with Crippen molar-refractivity contribution in [3.63, 3.8) is 0 Å². The van der Waals surface area contributed by atoms with E-state index in [-0.39, 0.29) is 5.82 Å². The first-order valence-corrected chi connectivity index (χ1v) is 6.33. The molecular formula is C13H16BrF. The Morgan fingerprint density at radius 1 is 1.33 bits per heavy atom. The highest BCUT2D eigenvalue weighted by Gasteiger charge is 2.39. The summed E-state index contributed by atoms with van der Waals surface area (Å²) in [5.41, 5.74) is 3.41. The van der Waals surface area contributed by atoms with Gasteiger partial charge in [0.25, 0.3) is 0 Å². The van der Waals surface area contributed by atoms with Crippen molar-refractivity contribution < 1.29 is 4.39 Å². The number of aryl methyl sites for hydroxylation is 2. The van der Waals surface area contributed by atoms with Crippen LogP contribution in [0.5, 0.6) is 0 Å². The lowest BCUT2D eigenvalue weighted by atomic mass is 9.97. The van der Waals surface area contributed by atoms with Gasteiger partial charge < -0.3 is 0 Å². The van der Waals surface area contributed by atoms with Crippen molar-refractivity contribution in [1.29, 1.82) is 0 Å². The molecule has 1 aliphatic carbocycles. The van der Waals surface area contributed by atoms with Crippen LogP contribution in [0.3, 0.4) is 0 Å². The minimum absolute atomic E-state index is 0.128. The Hall–Kier alpha value is -0.370. The van der Waals surface area contributed by atoms with Gasteiger partial charge in [-0.05, 0) is 60.9 Å². The van der Waals surface area contributed by atoms with Gasteiger partial charge in [-0.2, -0.15) is 0 Å². The molecule has 0 spiro atoms. The fourth-order valence-electron chi connectivity index (χ4n) is 2.33. The minimum atomic E-state index is -0.128. The highest BCUT2D eigenvalue weighted by atomic mass is 79.9. The van der Waals surface area contributed by atoms with Gasteiger partial charge in [-0.1, -0.05) is 22.9 Å². The van der Waals surface area contributed by atoms with Gasteiger partial charge in [0.2, 0.25) is 0 Å². The maximum atomic E-state index is 13.1. The van der Waals surface area contributed by atoms with Crippen molar-refractivity contribution in [2.75, 3.05) is 0 Å². The summed E-state index contributed by atoms with van der Waals surface area (Å²) in [6.45, 7) is 6.26. The molecule has 1 aliphatic rings. The third kappa shape index (κ3) is 2.10. The molecule has 1 aromatic rings. The van der Waals surface area contributed by atoms with Crippen molar-refractivity contribution in [3.05, 3.63) is 34.6 Å². The van der Waals surface area contributed by atoms with E-state index in [1.54, 1.807) is 12.1 Å². The van der Waals surface area contributed by atoms with Crippen LogP contribution in [0.1, 0.15) is 34.9 Å². The van der Waals surface area contributed by atoms with Crippen LogP contribution in [0, 0.1) is 31.5 Å². The number of halogens is 2. The molecule has 0 N–H and O–H groups in total. The zero-order valence-electron chi connectivity index (χ0n) is 9.35. The Bertz CT molecular complexity index is 363. The van der Waals surface area contributed by atoms with Gasteiger partial charge in [-0.15, -0.1) is 0 Å². The summed E-state index contributed by atoms with van der Waals surface area (Å²) in [7, 11) is 0. The van der Waals surface area contributed by atoms with E-state index < -0.39 is 0 Å². The quantitative estimate of drug-likeness (QED) is 0.693. The second-order valence-electron chi connectivity index (χ2n) is 4.73. The highest BCUT2D eigenvalue weighted by molar-refractivity contribution is 9.09. The van der Waals surface area contributed by atoms with E-state index in [0.717, 1.165) is 23.0 Å². The molecule has 0 bridgehead atoms. The van der Waals surface area contributed by atoms with Crippen molar-refractivity contribution >= 4 is 15.9 Å². The predicted octanol–water partition coefficient (Wildman–Crippen LogP) is 4.53. The average Bonchev–Trinajstić information content (AvgIpc) is 2.80. The molecule has 0 heterocycles. The van der Waals surface area contributed by atoms with Crippen LogP contribution in [-0.2, 0) is 0 Å². The number of hydrogen-bond donors (Lipinski definition) is 0. The van der Waals surface area contributed by atoms with Crippen LogP contribution in [0.25, 0.3) is 0 Å². The third-order valence-electron chi connectivity index (χ3n) is 3.38. The van der Waals surface area contributed by atoms with Gasteiger partial charge >= 0.3 is 0 Å². The molecule has 3 atom stereocenters. The second kappa shape index (κ2) is 3.89. The van der Waals surface area contributed by atoms with Crippen LogP contribution >= 0.6 is 15.9 Å². The van der Waals surface area contributed by atoms with E-state index >= 15 is 0 Å². The molecule has 0 aliphatic heterocycles. The first-order valence-electron chi connectivity index (χ1n) is 5.41. The molecule has 1 saturated carbocycles. The van der Waals surface area contributed by atoms with Gasteiger partial charge in [0, 0.05) is 4.83 Å². The molecule has 82 valence electrons. The first kappa shape index (κ1) is 11.1. The molecule has 15 heavy (non-hydrogen) atoms. The SMILES string of the molecule is Cc1cc(F)cc(C)c1C(Br)C1CC1C. The lowest BCUT2D eigenvalue weighted by molar-refractivity contribution is 0.622. The largest absolute Gasteiger partial charge is 0.207 e. The van der Waals surface area contributed by atoms with Crippen LogP contribution in [0.4, 0.5) is 4.39 Å². The van der Waals surface area contributed by atoms with Gasteiger partial charge in [-0.3, -0.25) is 0 Å². The summed E-state index contributed by atoms with van der Waals surface area (Å²) in [6, 6.07) is 3.26. The molecule has 1 fully saturated rings. The molecule has 0 nitrogen and oxygen atoms in total. The van der Waals surface area contributed by atoms with Gasteiger partial charge in [0.05, 0.1) is 0 Å². The number of rotatable bonds is 2. The summed E-state index contributed by atoms with van der Waals surface area (Å²) in [6.07, 6.45) is 1.28. The van der Waals surface area contributed by atoms with Gasteiger partial charge in [-0.25, -0.2) is 4.39 Å². The first-order chi connectivity index (χ1) is 7.00. The summed E-state index contributed by atoms with van der Waals surface area (Å²) in [5.74, 6) is 1.41. The zero-order chi connectivity index (χ0) is 11.2. The standard InChI is InChI=1S/C13H16BrF/c1-7-6-11(7)13(14)12-8(2)4-10(15)5-9(12)3/h4-5,7,11,13H,6H2,1-3H3. The maximum absolute atomic E-state index is 13.1. The predicted molar refractivity (Wildman–Crippen MR) is 64.8 cm³/mol. The summed E-state index contributed by atoms with van der Waals surface area (Å²) in [5, 5.41) is 0. The average molecular weight is 271 g/mol. The Morgan fingerprint density at radius 2 is 1.80 bits per heavy atom. The smallest absolute Gasteiger partial charge is 0.123 e. The fourth-order valence-corrected chi connectivity index (χ4v) is 3.79. The van der Waals surface area contributed by atoms with Crippen LogP contribution in [-0.4, -0.2) is 0 Å². The maximum Gasteiger partial charge on any atom is 0.123 e. The van der Waals surface area contributed by atoms with Crippen molar-refractivity contribution in [3.8, 4) is 0 Å². The minimum Gasteiger partial charge on any atom is -0.207 e. The van der Waals surface area contributed by atoms with Crippen LogP contribution < -0.4 is 0 Å². The van der Waals surface area contributed by atoms with Crippen LogP contribution in [0.2, 0.25) is 0 Å². The normalized spacial score (nSPS) is 26.5. The lowest BCUT2D eigenvalue weighted by Crippen LogP contribution is -2.01. The number of hydrogen-bond acceptors (Lipinski definition) is 0. The molecule has 2 rings (SSSR count). The number of benzene rings is 1.